The largest absolute Gasteiger partial charge is 0.370 e. The van der Waals surface area contributed by atoms with Crippen LogP contribution in [-0.2, 0) is 20.0 Å². The number of halogens is 1. The van der Waals surface area contributed by atoms with Gasteiger partial charge < -0.3 is 15.6 Å². The highest BCUT2D eigenvalue weighted by Crippen LogP contribution is 1.98. The molecule has 0 aliphatic heterocycles. The predicted octanol–water partition coefficient (Wildman–Crippen LogP) is 1.08. The highest BCUT2D eigenvalue weighted by atomic mass is 127. The van der Waals surface area contributed by atoms with Crippen molar-refractivity contribution in [3.63, 3.8) is 0 Å². The molecular weight excluding hydrogens is 367 g/mol. The summed E-state index contributed by atoms with van der Waals surface area (Å²) >= 11 is 0. The van der Waals surface area contributed by atoms with E-state index in [0.717, 1.165) is 18.8 Å². The fourth-order valence-corrected chi connectivity index (χ4v) is 1.64. The van der Waals surface area contributed by atoms with Crippen molar-refractivity contribution in [3.05, 3.63) is 48.0 Å². The Balaban J connectivity index is 0.00000200. The Hall–Kier alpha value is -1.64. The molecule has 0 spiro atoms. The molecule has 7 heteroatoms. The van der Waals surface area contributed by atoms with Gasteiger partial charge in [-0.05, 0) is 12.0 Å². The zero-order valence-corrected chi connectivity index (χ0v) is 13.7. The third-order valence-electron chi connectivity index (χ3n) is 2.76. The molecule has 0 aliphatic rings. The van der Waals surface area contributed by atoms with Gasteiger partial charge in [0.2, 0.25) is 0 Å². The molecule has 2 aromatic rings. The van der Waals surface area contributed by atoms with Crippen molar-refractivity contribution < 1.29 is 0 Å². The molecule has 0 aliphatic carbocycles. The number of nitrogens with zero attached hydrogens (tertiary/aromatic N) is 4. The van der Waals surface area contributed by atoms with Gasteiger partial charge in [0.25, 0.3) is 0 Å². The molecule has 0 saturated carbocycles. The van der Waals surface area contributed by atoms with Crippen LogP contribution in [0.4, 0.5) is 0 Å². The van der Waals surface area contributed by atoms with Crippen LogP contribution in [0.15, 0.2) is 41.7 Å². The van der Waals surface area contributed by atoms with Crippen LogP contribution in [0.25, 0.3) is 0 Å². The van der Waals surface area contributed by atoms with Crippen molar-refractivity contribution in [1.82, 2.24) is 20.1 Å². The third kappa shape index (κ3) is 5.16. The molecule has 1 aromatic heterocycles. The average molecular weight is 386 g/mol. The Kier molecular flexibility index (Phi) is 6.99. The van der Waals surface area contributed by atoms with Crippen molar-refractivity contribution in [2.75, 3.05) is 6.54 Å². The molecule has 0 amide bonds. The van der Waals surface area contributed by atoms with Gasteiger partial charge in [-0.25, -0.2) is 4.99 Å². The SMILES string of the molecule is Cn1cnnc1CN=C(N)NCCc1ccccc1.I. The Morgan fingerprint density at radius 2 is 2.10 bits per heavy atom. The summed E-state index contributed by atoms with van der Waals surface area (Å²) in [6, 6.07) is 10.2. The van der Waals surface area contributed by atoms with E-state index in [-0.39, 0.29) is 24.0 Å². The van der Waals surface area contributed by atoms with E-state index in [9.17, 15) is 0 Å². The molecule has 20 heavy (non-hydrogen) atoms. The maximum absolute atomic E-state index is 5.79. The number of rotatable bonds is 5. The molecule has 0 bridgehead atoms. The van der Waals surface area contributed by atoms with Crippen molar-refractivity contribution in [2.24, 2.45) is 17.8 Å². The molecule has 2 rings (SSSR count). The fourth-order valence-electron chi connectivity index (χ4n) is 1.64. The highest BCUT2D eigenvalue weighted by molar-refractivity contribution is 14.0. The lowest BCUT2D eigenvalue weighted by Gasteiger charge is -2.05. The monoisotopic (exact) mass is 386 g/mol. The molecule has 1 heterocycles. The molecule has 0 radical (unpaired) electrons. The number of aliphatic imine (C=N–C) groups is 1. The van der Waals surface area contributed by atoms with E-state index in [2.05, 4.69) is 32.6 Å². The van der Waals surface area contributed by atoms with Gasteiger partial charge in [-0.2, -0.15) is 0 Å². The second kappa shape index (κ2) is 8.51. The minimum atomic E-state index is 0. The summed E-state index contributed by atoms with van der Waals surface area (Å²) in [7, 11) is 1.88. The molecule has 0 atom stereocenters. The van der Waals surface area contributed by atoms with Gasteiger partial charge in [-0.15, -0.1) is 34.2 Å². The van der Waals surface area contributed by atoms with Crippen molar-refractivity contribution in [2.45, 2.75) is 13.0 Å². The molecule has 0 saturated heterocycles. The van der Waals surface area contributed by atoms with Crippen molar-refractivity contribution in [3.8, 4) is 0 Å². The summed E-state index contributed by atoms with van der Waals surface area (Å²) in [4.78, 5) is 4.22. The summed E-state index contributed by atoms with van der Waals surface area (Å²) in [5.41, 5.74) is 7.06. The van der Waals surface area contributed by atoms with Crippen LogP contribution < -0.4 is 11.1 Å². The van der Waals surface area contributed by atoms with Gasteiger partial charge in [0.15, 0.2) is 11.8 Å². The molecule has 0 fully saturated rings. The second-order valence-electron chi connectivity index (χ2n) is 4.22. The van der Waals surface area contributed by atoms with Gasteiger partial charge >= 0.3 is 0 Å². The lowest BCUT2D eigenvalue weighted by Crippen LogP contribution is -2.33. The molecule has 6 nitrogen and oxygen atoms in total. The Bertz CT molecular complexity index is 537. The van der Waals surface area contributed by atoms with Gasteiger partial charge in [0.05, 0.1) is 0 Å². The summed E-state index contributed by atoms with van der Waals surface area (Å²) in [5.74, 6) is 1.21. The number of hydrogen-bond donors (Lipinski definition) is 2. The minimum Gasteiger partial charge on any atom is -0.370 e. The standard InChI is InChI=1S/C13H18N6.HI/c1-19-10-17-18-12(19)9-16-13(14)15-8-7-11-5-3-2-4-6-11;/h2-6,10H,7-9H2,1H3,(H3,14,15,16);1H. The summed E-state index contributed by atoms with van der Waals surface area (Å²) in [6.07, 6.45) is 2.56. The maximum atomic E-state index is 5.79. The Labute approximate surface area is 135 Å². The molecule has 3 N–H and O–H groups in total. The first-order chi connectivity index (χ1) is 9.25. The quantitative estimate of drug-likeness (QED) is 0.458. The summed E-state index contributed by atoms with van der Waals surface area (Å²) in [6.45, 7) is 1.19. The topological polar surface area (TPSA) is 81.1 Å². The first-order valence-corrected chi connectivity index (χ1v) is 6.16. The van der Waals surface area contributed by atoms with E-state index in [1.165, 1.54) is 5.56 Å². The molecular formula is C13H19IN6. The van der Waals surface area contributed by atoms with Gasteiger partial charge in [-0.3, -0.25) is 0 Å². The number of guanidine groups is 1. The highest BCUT2D eigenvalue weighted by Gasteiger charge is 1.99. The van der Waals surface area contributed by atoms with E-state index in [4.69, 9.17) is 5.73 Å². The molecule has 0 unspecified atom stereocenters. The van der Waals surface area contributed by atoms with E-state index in [1.807, 2.05) is 29.8 Å². The molecule has 1 aromatic carbocycles. The van der Waals surface area contributed by atoms with Crippen molar-refractivity contribution in [1.29, 1.82) is 0 Å². The van der Waals surface area contributed by atoms with E-state index < -0.39 is 0 Å². The van der Waals surface area contributed by atoms with E-state index in [1.54, 1.807) is 6.33 Å². The van der Waals surface area contributed by atoms with Crippen molar-refractivity contribution >= 4 is 29.9 Å². The van der Waals surface area contributed by atoms with Gasteiger partial charge in [0, 0.05) is 13.6 Å². The average Bonchev–Trinajstić information content (AvgIpc) is 2.83. The van der Waals surface area contributed by atoms with Crippen LogP contribution in [0.1, 0.15) is 11.4 Å². The number of aryl methyl sites for hydroxylation is 1. The van der Waals surface area contributed by atoms with Crippen LogP contribution in [-0.4, -0.2) is 27.3 Å². The molecule has 108 valence electrons. The Morgan fingerprint density at radius 3 is 2.75 bits per heavy atom. The summed E-state index contributed by atoms with van der Waals surface area (Å²) < 4.78 is 1.82. The number of hydrogen-bond acceptors (Lipinski definition) is 3. The minimum absolute atomic E-state index is 0. The number of nitrogens with two attached hydrogens (primary N) is 1. The van der Waals surface area contributed by atoms with Gasteiger partial charge in [-0.1, -0.05) is 30.3 Å². The van der Waals surface area contributed by atoms with Crippen LogP contribution in [0.5, 0.6) is 0 Å². The zero-order valence-electron chi connectivity index (χ0n) is 11.4. The summed E-state index contributed by atoms with van der Waals surface area (Å²) in [5, 5.41) is 10.8. The third-order valence-corrected chi connectivity index (χ3v) is 2.76. The van der Waals surface area contributed by atoms with E-state index >= 15 is 0 Å². The number of nitrogens with one attached hydrogen (secondary N) is 1. The lowest BCUT2D eigenvalue weighted by atomic mass is 10.1. The van der Waals surface area contributed by atoms with Crippen LogP contribution in [0.3, 0.4) is 0 Å². The zero-order chi connectivity index (χ0) is 13.5. The first-order valence-electron chi connectivity index (χ1n) is 6.16. The Morgan fingerprint density at radius 1 is 1.35 bits per heavy atom. The van der Waals surface area contributed by atoms with Crippen LogP contribution in [0.2, 0.25) is 0 Å². The smallest absolute Gasteiger partial charge is 0.189 e. The maximum Gasteiger partial charge on any atom is 0.189 e. The number of aromatic nitrogens is 3. The van der Waals surface area contributed by atoms with Gasteiger partial charge in [0.1, 0.15) is 12.9 Å². The lowest BCUT2D eigenvalue weighted by molar-refractivity contribution is 0.781. The van der Waals surface area contributed by atoms with Crippen LogP contribution >= 0.6 is 24.0 Å². The predicted molar refractivity (Wildman–Crippen MR) is 89.9 cm³/mol. The first kappa shape index (κ1) is 16.4. The second-order valence-corrected chi connectivity index (χ2v) is 4.22. The van der Waals surface area contributed by atoms with E-state index in [0.29, 0.717) is 12.5 Å². The van der Waals surface area contributed by atoms with Crippen LogP contribution in [0, 0.1) is 0 Å². The number of benzene rings is 1. The normalized spacial score (nSPS) is 10.9. The fraction of sp³-hybridized carbons (Fsp3) is 0.308.